The topological polar surface area (TPSA) is 72.2 Å². The van der Waals surface area contributed by atoms with E-state index in [1.165, 1.54) is 18.2 Å². The molecule has 0 aliphatic carbocycles. The van der Waals surface area contributed by atoms with Crippen LogP contribution in [0, 0.1) is 19.7 Å². The summed E-state index contributed by atoms with van der Waals surface area (Å²) in [5.74, 6) is -0.794. The fourth-order valence-corrected chi connectivity index (χ4v) is 3.04. The summed E-state index contributed by atoms with van der Waals surface area (Å²) in [7, 11) is -3.98. The van der Waals surface area contributed by atoms with Gasteiger partial charge in [-0.1, -0.05) is 18.2 Å². The van der Waals surface area contributed by atoms with Gasteiger partial charge in [-0.2, -0.15) is 0 Å². The predicted molar refractivity (Wildman–Crippen MR) is 77.5 cm³/mol. The Bertz CT molecular complexity index is 758. The molecule has 3 N–H and O–H groups in total. The van der Waals surface area contributed by atoms with E-state index in [1.54, 1.807) is 19.1 Å². The summed E-state index contributed by atoms with van der Waals surface area (Å²) in [6.45, 7) is 3.54. The fraction of sp³-hybridized carbons (Fsp3) is 0.143. The largest absolute Gasteiger partial charge is 0.398 e. The second-order valence-corrected chi connectivity index (χ2v) is 6.16. The van der Waals surface area contributed by atoms with Gasteiger partial charge in [-0.3, -0.25) is 4.72 Å². The van der Waals surface area contributed by atoms with Crippen molar-refractivity contribution in [3.05, 3.63) is 53.3 Å². The number of halogens is 1. The maximum absolute atomic E-state index is 13.6. The second-order valence-electron chi connectivity index (χ2n) is 4.50. The van der Waals surface area contributed by atoms with Crippen LogP contribution in [0.1, 0.15) is 11.1 Å². The molecule has 0 radical (unpaired) electrons. The number of sulfonamides is 1. The standard InChI is InChI=1S/C14H15FN2O2S/c1-9-7-8-12(10(2)14(9)16)17-20(18,19)13-6-4-3-5-11(13)15/h3-8,17H,16H2,1-2H3. The van der Waals surface area contributed by atoms with Crippen molar-refractivity contribution in [2.75, 3.05) is 10.5 Å². The number of anilines is 2. The lowest BCUT2D eigenvalue weighted by atomic mass is 10.1. The summed E-state index contributed by atoms with van der Waals surface area (Å²) in [4.78, 5) is -0.390. The number of aryl methyl sites for hydroxylation is 1. The third kappa shape index (κ3) is 2.60. The number of hydrogen-bond acceptors (Lipinski definition) is 3. The second kappa shape index (κ2) is 5.13. The van der Waals surface area contributed by atoms with Gasteiger partial charge in [0.2, 0.25) is 0 Å². The van der Waals surface area contributed by atoms with Crippen LogP contribution in [0.3, 0.4) is 0 Å². The number of nitrogens with two attached hydrogens (primary N) is 1. The lowest BCUT2D eigenvalue weighted by Crippen LogP contribution is -2.15. The first-order valence-corrected chi connectivity index (χ1v) is 7.44. The molecule has 0 bridgehead atoms. The van der Waals surface area contributed by atoms with Crippen molar-refractivity contribution in [1.82, 2.24) is 0 Å². The van der Waals surface area contributed by atoms with E-state index < -0.39 is 20.7 Å². The first kappa shape index (κ1) is 14.3. The van der Waals surface area contributed by atoms with E-state index in [0.717, 1.165) is 11.6 Å². The molecule has 0 fully saturated rings. The van der Waals surface area contributed by atoms with Gasteiger partial charge >= 0.3 is 0 Å². The van der Waals surface area contributed by atoms with Gasteiger partial charge in [-0.05, 0) is 43.2 Å². The normalized spacial score (nSPS) is 11.3. The Balaban J connectivity index is 2.45. The Hall–Kier alpha value is -2.08. The maximum Gasteiger partial charge on any atom is 0.264 e. The van der Waals surface area contributed by atoms with Gasteiger partial charge in [-0.15, -0.1) is 0 Å². The SMILES string of the molecule is Cc1ccc(NS(=O)(=O)c2ccccc2F)c(C)c1N. The van der Waals surface area contributed by atoms with Gasteiger partial charge in [0.05, 0.1) is 5.69 Å². The molecule has 106 valence electrons. The highest BCUT2D eigenvalue weighted by atomic mass is 32.2. The monoisotopic (exact) mass is 294 g/mol. The number of hydrogen-bond donors (Lipinski definition) is 2. The zero-order valence-corrected chi connectivity index (χ0v) is 12.0. The molecular formula is C14H15FN2O2S. The van der Waals surface area contributed by atoms with E-state index in [-0.39, 0.29) is 0 Å². The number of nitrogens with one attached hydrogen (secondary N) is 1. The van der Waals surface area contributed by atoms with E-state index in [2.05, 4.69) is 4.72 Å². The van der Waals surface area contributed by atoms with Crippen molar-refractivity contribution in [2.24, 2.45) is 0 Å². The van der Waals surface area contributed by atoms with Crippen LogP contribution >= 0.6 is 0 Å². The molecule has 2 aromatic rings. The third-order valence-electron chi connectivity index (χ3n) is 3.10. The molecule has 0 saturated carbocycles. The smallest absolute Gasteiger partial charge is 0.264 e. The highest BCUT2D eigenvalue weighted by molar-refractivity contribution is 7.92. The van der Waals surface area contributed by atoms with E-state index in [9.17, 15) is 12.8 Å². The molecule has 20 heavy (non-hydrogen) atoms. The molecule has 2 aromatic carbocycles. The van der Waals surface area contributed by atoms with E-state index in [0.29, 0.717) is 16.9 Å². The number of nitrogen functional groups attached to an aromatic ring is 1. The molecular weight excluding hydrogens is 279 g/mol. The minimum atomic E-state index is -3.98. The zero-order valence-electron chi connectivity index (χ0n) is 11.1. The van der Waals surface area contributed by atoms with Gasteiger partial charge < -0.3 is 5.73 Å². The Labute approximate surface area is 117 Å². The summed E-state index contributed by atoms with van der Waals surface area (Å²) in [5.41, 5.74) is 8.19. The van der Waals surface area contributed by atoms with Gasteiger partial charge in [0, 0.05) is 5.69 Å². The number of benzene rings is 2. The van der Waals surface area contributed by atoms with Crippen LogP contribution in [0.2, 0.25) is 0 Å². The van der Waals surface area contributed by atoms with Gasteiger partial charge in [-0.25, -0.2) is 12.8 Å². The summed E-state index contributed by atoms with van der Waals surface area (Å²) < 4.78 is 40.3. The quantitative estimate of drug-likeness (QED) is 0.855. The molecule has 4 nitrogen and oxygen atoms in total. The molecule has 6 heteroatoms. The molecule has 0 aliphatic rings. The van der Waals surface area contributed by atoms with Crippen molar-refractivity contribution in [1.29, 1.82) is 0 Å². The first-order chi connectivity index (χ1) is 9.33. The van der Waals surface area contributed by atoms with Crippen LogP contribution < -0.4 is 10.5 Å². The van der Waals surface area contributed by atoms with E-state index >= 15 is 0 Å². The van der Waals surface area contributed by atoms with Gasteiger partial charge in [0.25, 0.3) is 10.0 Å². The Morgan fingerprint density at radius 3 is 2.40 bits per heavy atom. The highest BCUT2D eigenvalue weighted by Crippen LogP contribution is 2.27. The Morgan fingerprint density at radius 1 is 1.10 bits per heavy atom. The average Bonchev–Trinajstić information content (AvgIpc) is 2.40. The van der Waals surface area contributed by atoms with Crippen LogP contribution in [0.4, 0.5) is 15.8 Å². The van der Waals surface area contributed by atoms with E-state index in [1.807, 2.05) is 6.92 Å². The van der Waals surface area contributed by atoms with Gasteiger partial charge in [0.1, 0.15) is 10.7 Å². The minimum absolute atomic E-state index is 0.344. The lowest BCUT2D eigenvalue weighted by molar-refractivity contribution is 0.570. The minimum Gasteiger partial charge on any atom is -0.398 e. The van der Waals surface area contributed by atoms with Crippen molar-refractivity contribution >= 4 is 21.4 Å². The summed E-state index contributed by atoms with van der Waals surface area (Å²) in [5, 5.41) is 0. The maximum atomic E-state index is 13.6. The zero-order chi connectivity index (χ0) is 14.9. The summed E-state index contributed by atoms with van der Waals surface area (Å²) in [6, 6.07) is 8.54. The lowest BCUT2D eigenvalue weighted by Gasteiger charge is -2.13. The van der Waals surface area contributed by atoms with Crippen molar-refractivity contribution in [3.63, 3.8) is 0 Å². The predicted octanol–water partition coefficient (Wildman–Crippen LogP) is 2.83. The molecule has 0 amide bonds. The van der Waals surface area contributed by atoms with Crippen molar-refractivity contribution < 1.29 is 12.8 Å². The van der Waals surface area contributed by atoms with Crippen LogP contribution in [-0.2, 0) is 10.0 Å². The molecule has 0 aromatic heterocycles. The van der Waals surface area contributed by atoms with Crippen LogP contribution in [0.5, 0.6) is 0 Å². The van der Waals surface area contributed by atoms with Crippen molar-refractivity contribution in [2.45, 2.75) is 18.7 Å². The Kier molecular flexibility index (Phi) is 3.67. The third-order valence-corrected chi connectivity index (χ3v) is 4.50. The van der Waals surface area contributed by atoms with E-state index in [4.69, 9.17) is 5.73 Å². The molecule has 0 spiro atoms. The molecule has 2 rings (SSSR count). The van der Waals surface area contributed by atoms with Gasteiger partial charge in [0.15, 0.2) is 0 Å². The molecule has 0 aliphatic heterocycles. The molecule has 0 heterocycles. The molecule has 0 atom stereocenters. The van der Waals surface area contributed by atoms with Crippen LogP contribution in [0.25, 0.3) is 0 Å². The molecule has 0 saturated heterocycles. The summed E-state index contributed by atoms with van der Waals surface area (Å²) >= 11 is 0. The summed E-state index contributed by atoms with van der Waals surface area (Å²) in [6.07, 6.45) is 0. The highest BCUT2D eigenvalue weighted by Gasteiger charge is 2.19. The van der Waals surface area contributed by atoms with Crippen LogP contribution in [0.15, 0.2) is 41.3 Å². The first-order valence-electron chi connectivity index (χ1n) is 5.96. The number of rotatable bonds is 3. The molecule has 0 unspecified atom stereocenters. The van der Waals surface area contributed by atoms with Crippen LogP contribution in [-0.4, -0.2) is 8.42 Å². The van der Waals surface area contributed by atoms with Crippen molar-refractivity contribution in [3.8, 4) is 0 Å². The Morgan fingerprint density at radius 2 is 1.75 bits per heavy atom. The average molecular weight is 294 g/mol. The fourth-order valence-electron chi connectivity index (χ4n) is 1.84.